The van der Waals surface area contributed by atoms with Crippen molar-refractivity contribution in [3.63, 3.8) is 0 Å². The first kappa shape index (κ1) is 15.8. The molecule has 3 aromatic rings. The standard InChI is InChI=1S/C16H14FN3OS2/c1-2-18-15(21)20-16-19-13-8-7-12(9-14(13)23-16)22-11-5-3-10(17)4-6-11/h3-9H,2H2,1H3,(H2,18,19,20,21). The van der Waals surface area contributed by atoms with Gasteiger partial charge < -0.3 is 5.32 Å². The van der Waals surface area contributed by atoms with E-state index in [9.17, 15) is 9.18 Å². The molecule has 0 aliphatic heterocycles. The van der Waals surface area contributed by atoms with Crippen molar-refractivity contribution in [1.29, 1.82) is 0 Å². The van der Waals surface area contributed by atoms with Crippen LogP contribution in [0.3, 0.4) is 0 Å². The minimum Gasteiger partial charge on any atom is -0.338 e. The van der Waals surface area contributed by atoms with E-state index in [1.165, 1.54) is 23.5 Å². The molecule has 2 N–H and O–H groups in total. The summed E-state index contributed by atoms with van der Waals surface area (Å²) in [5, 5.41) is 5.95. The number of rotatable bonds is 4. The number of amides is 2. The lowest BCUT2D eigenvalue weighted by Crippen LogP contribution is -2.28. The average molecular weight is 347 g/mol. The zero-order chi connectivity index (χ0) is 16.2. The lowest BCUT2D eigenvalue weighted by atomic mass is 10.3. The average Bonchev–Trinajstić information content (AvgIpc) is 2.91. The highest BCUT2D eigenvalue weighted by atomic mass is 32.2. The summed E-state index contributed by atoms with van der Waals surface area (Å²) in [6, 6.07) is 12.0. The number of nitrogens with one attached hydrogen (secondary N) is 2. The number of hydrogen-bond acceptors (Lipinski definition) is 4. The van der Waals surface area contributed by atoms with Gasteiger partial charge in [0, 0.05) is 16.3 Å². The number of carbonyl (C=O) groups is 1. The molecule has 0 unspecified atom stereocenters. The molecule has 2 amide bonds. The fourth-order valence-corrected chi connectivity index (χ4v) is 3.79. The summed E-state index contributed by atoms with van der Waals surface area (Å²) >= 11 is 2.98. The second-order valence-electron chi connectivity index (χ2n) is 4.69. The molecule has 0 aliphatic rings. The summed E-state index contributed by atoms with van der Waals surface area (Å²) in [6.45, 7) is 2.42. The maximum atomic E-state index is 12.9. The zero-order valence-electron chi connectivity index (χ0n) is 12.3. The Balaban J connectivity index is 1.78. The summed E-state index contributed by atoms with van der Waals surface area (Å²) in [5.41, 5.74) is 0.838. The molecule has 1 heterocycles. The molecule has 0 aliphatic carbocycles. The Labute approximate surface area is 141 Å². The van der Waals surface area contributed by atoms with E-state index < -0.39 is 0 Å². The smallest absolute Gasteiger partial charge is 0.321 e. The fraction of sp³-hybridized carbons (Fsp3) is 0.125. The molecule has 0 fully saturated rings. The number of carbonyl (C=O) groups excluding carboxylic acids is 1. The molecule has 1 aromatic heterocycles. The Morgan fingerprint density at radius 2 is 1.96 bits per heavy atom. The Kier molecular flexibility index (Phi) is 4.78. The number of hydrogen-bond donors (Lipinski definition) is 2. The van der Waals surface area contributed by atoms with E-state index in [2.05, 4.69) is 15.6 Å². The Morgan fingerprint density at radius 1 is 1.22 bits per heavy atom. The van der Waals surface area contributed by atoms with Crippen LogP contribution in [0, 0.1) is 5.82 Å². The molecule has 0 atom stereocenters. The van der Waals surface area contributed by atoms with Gasteiger partial charge in [-0.25, -0.2) is 14.2 Å². The van der Waals surface area contributed by atoms with Crippen molar-refractivity contribution in [3.05, 3.63) is 48.3 Å². The normalized spacial score (nSPS) is 10.7. The van der Waals surface area contributed by atoms with Crippen LogP contribution in [-0.4, -0.2) is 17.6 Å². The van der Waals surface area contributed by atoms with Crippen LogP contribution in [0.15, 0.2) is 52.3 Å². The number of nitrogens with zero attached hydrogens (tertiary/aromatic N) is 1. The quantitative estimate of drug-likeness (QED) is 0.717. The van der Waals surface area contributed by atoms with Gasteiger partial charge in [0.2, 0.25) is 0 Å². The van der Waals surface area contributed by atoms with Gasteiger partial charge in [-0.15, -0.1) is 0 Å². The molecule has 23 heavy (non-hydrogen) atoms. The van der Waals surface area contributed by atoms with Gasteiger partial charge in [0.15, 0.2) is 5.13 Å². The summed E-state index contributed by atoms with van der Waals surface area (Å²) < 4.78 is 13.9. The summed E-state index contributed by atoms with van der Waals surface area (Å²) in [5.74, 6) is -0.242. The van der Waals surface area contributed by atoms with Crippen LogP contribution in [-0.2, 0) is 0 Å². The maximum Gasteiger partial charge on any atom is 0.321 e. The van der Waals surface area contributed by atoms with Crippen molar-refractivity contribution in [1.82, 2.24) is 10.3 Å². The third-order valence-corrected chi connectivity index (χ3v) is 4.90. The third-order valence-electron chi connectivity index (χ3n) is 2.97. The number of halogens is 1. The molecule has 3 rings (SSSR count). The van der Waals surface area contributed by atoms with E-state index in [0.29, 0.717) is 11.7 Å². The molecule has 4 nitrogen and oxygen atoms in total. The number of aromatic nitrogens is 1. The largest absolute Gasteiger partial charge is 0.338 e. The SMILES string of the molecule is CCNC(=O)Nc1nc2ccc(Sc3ccc(F)cc3)cc2s1. The molecular formula is C16H14FN3OS2. The Hall–Kier alpha value is -2.12. The van der Waals surface area contributed by atoms with Crippen LogP contribution >= 0.6 is 23.1 Å². The molecule has 0 radical (unpaired) electrons. The van der Waals surface area contributed by atoms with E-state index in [0.717, 1.165) is 20.0 Å². The van der Waals surface area contributed by atoms with Crippen LogP contribution in [0.4, 0.5) is 14.3 Å². The minimum absolute atomic E-state index is 0.242. The van der Waals surface area contributed by atoms with Gasteiger partial charge in [-0.2, -0.15) is 0 Å². The lowest BCUT2D eigenvalue weighted by molar-refractivity contribution is 0.252. The van der Waals surface area contributed by atoms with Gasteiger partial charge in [-0.3, -0.25) is 5.32 Å². The zero-order valence-corrected chi connectivity index (χ0v) is 13.9. The van der Waals surface area contributed by atoms with Crippen molar-refractivity contribution in [2.24, 2.45) is 0 Å². The monoisotopic (exact) mass is 347 g/mol. The van der Waals surface area contributed by atoms with Crippen molar-refractivity contribution in [2.75, 3.05) is 11.9 Å². The van der Waals surface area contributed by atoms with Crippen LogP contribution in [0.25, 0.3) is 10.2 Å². The molecule has 118 valence electrons. The highest BCUT2D eigenvalue weighted by Gasteiger charge is 2.08. The van der Waals surface area contributed by atoms with Gasteiger partial charge in [0.05, 0.1) is 10.2 Å². The van der Waals surface area contributed by atoms with Crippen LogP contribution in [0.2, 0.25) is 0 Å². The second-order valence-corrected chi connectivity index (χ2v) is 6.87. The van der Waals surface area contributed by atoms with Crippen LogP contribution < -0.4 is 10.6 Å². The molecule has 0 saturated carbocycles. The first-order chi connectivity index (χ1) is 11.1. The number of anilines is 1. The summed E-state index contributed by atoms with van der Waals surface area (Å²) in [6.07, 6.45) is 0. The number of urea groups is 1. The van der Waals surface area contributed by atoms with Crippen molar-refractivity contribution in [2.45, 2.75) is 16.7 Å². The van der Waals surface area contributed by atoms with Crippen LogP contribution in [0.1, 0.15) is 6.92 Å². The molecule has 2 aromatic carbocycles. The predicted molar refractivity (Wildman–Crippen MR) is 92.8 cm³/mol. The lowest BCUT2D eigenvalue weighted by Gasteiger charge is -2.01. The van der Waals surface area contributed by atoms with E-state index in [4.69, 9.17) is 0 Å². The van der Waals surface area contributed by atoms with E-state index in [-0.39, 0.29) is 11.8 Å². The van der Waals surface area contributed by atoms with Crippen molar-refractivity contribution >= 4 is 44.5 Å². The van der Waals surface area contributed by atoms with Gasteiger partial charge in [-0.1, -0.05) is 23.1 Å². The maximum absolute atomic E-state index is 12.9. The van der Waals surface area contributed by atoms with Gasteiger partial charge in [-0.05, 0) is 49.4 Å². The van der Waals surface area contributed by atoms with E-state index >= 15 is 0 Å². The van der Waals surface area contributed by atoms with Gasteiger partial charge >= 0.3 is 6.03 Å². The minimum atomic E-state index is -0.257. The number of thiazole rings is 1. The summed E-state index contributed by atoms with van der Waals surface area (Å²) in [4.78, 5) is 17.9. The highest BCUT2D eigenvalue weighted by Crippen LogP contribution is 2.33. The van der Waals surface area contributed by atoms with Gasteiger partial charge in [0.1, 0.15) is 5.82 Å². The molecule has 7 heteroatoms. The van der Waals surface area contributed by atoms with Crippen LogP contribution in [0.5, 0.6) is 0 Å². The van der Waals surface area contributed by atoms with Crippen molar-refractivity contribution in [3.8, 4) is 0 Å². The Morgan fingerprint density at radius 3 is 2.70 bits per heavy atom. The van der Waals surface area contributed by atoms with Crippen molar-refractivity contribution < 1.29 is 9.18 Å². The molecule has 0 saturated heterocycles. The molecular weight excluding hydrogens is 333 g/mol. The fourth-order valence-electron chi connectivity index (χ4n) is 1.96. The Bertz CT molecular complexity index is 833. The van der Waals surface area contributed by atoms with E-state index in [1.807, 2.05) is 25.1 Å². The second kappa shape index (κ2) is 6.97. The number of benzene rings is 2. The predicted octanol–water partition coefficient (Wildman–Crippen LogP) is 4.73. The molecule has 0 bridgehead atoms. The first-order valence-electron chi connectivity index (χ1n) is 7.03. The third kappa shape index (κ3) is 4.00. The topological polar surface area (TPSA) is 54.0 Å². The highest BCUT2D eigenvalue weighted by molar-refractivity contribution is 7.99. The summed E-state index contributed by atoms with van der Waals surface area (Å²) in [7, 11) is 0. The first-order valence-corrected chi connectivity index (χ1v) is 8.66. The molecule has 0 spiro atoms. The number of fused-ring (bicyclic) bond motifs is 1. The van der Waals surface area contributed by atoms with E-state index in [1.54, 1.807) is 23.9 Å². The van der Waals surface area contributed by atoms with Gasteiger partial charge in [0.25, 0.3) is 0 Å².